The van der Waals surface area contributed by atoms with E-state index in [1.54, 1.807) is 32.9 Å². The number of hydrogen-bond acceptors (Lipinski definition) is 3. The molecule has 0 atom stereocenters. The van der Waals surface area contributed by atoms with Crippen LogP contribution in [-0.2, 0) is 9.53 Å². The maximum absolute atomic E-state index is 12.0. The van der Waals surface area contributed by atoms with E-state index >= 15 is 0 Å². The van der Waals surface area contributed by atoms with Crippen molar-refractivity contribution in [3.63, 3.8) is 0 Å². The van der Waals surface area contributed by atoms with Gasteiger partial charge in [0.25, 0.3) is 0 Å². The van der Waals surface area contributed by atoms with E-state index in [1.165, 1.54) is 11.8 Å². The molecule has 18 heavy (non-hydrogen) atoms. The summed E-state index contributed by atoms with van der Waals surface area (Å²) in [6, 6.07) is 9.02. The van der Waals surface area contributed by atoms with Gasteiger partial charge in [-0.2, -0.15) is 0 Å². The molecule has 0 aliphatic heterocycles. The number of carbonyl (C=O) groups excluding carboxylic acids is 2. The lowest BCUT2D eigenvalue weighted by Gasteiger charge is -2.26. The van der Waals surface area contributed by atoms with Crippen LogP contribution in [-0.4, -0.2) is 24.0 Å². The van der Waals surface area contributed by atoms with E-state index in [2.05, 4.69) is 0 Å². The van der Waals surface area contributed by atoms with Crippen LogP contribution in [0.1, 0.15) is 27.7 Å². The van der Waals surface area contributed by atoms with Crippen molar-refractivity contribution in [3.05, 3.63) is 30.3 Å². The molecule has 0 bridgehead atoms. The summed E-state index contributed by atoms with van der Waals surface area (Å²) in [5.74, 6) is -0.0929. The van der Waals surface area contributed by atoms with Gasteiger partial charge in [-0.3, -0.25) is 9.69 Å². The second-order valence-corrected chi connectivity index (χ2v) is 5.10. The predicted molar refractivity (Wildman–Crippen MR) is 70.7 cm³/mol. The van der Waals surface area contributed by atoms with Crippen molar-refractivity contribution < 1.29 is 14.3 Å². The minimum absolute atomic E-state index is 0.0128. The van der Waals surface area contributed by atoms with Crippen molar-refractivity contribution in [1.82, 2.24) is 0 Å². The zero-order valence-electron chi connectivity index (χ0n) is 11.3. The van der Waals surface area contributed by atoms with Crippen LogP contribution >= 0.6 is 0 Å². The van der Waals surface area contributed by atoms with E-state index in [-0.39, 0.29) is 12.3 Å². The summed E-state index contributed by atoms with van der Waals surface area (Å²) < 4.78 is 5.29. The Hall–Kier alpha value is -1.84. The van der Waals surface area contributed by atoms with Gasteiger partial charge in [0, 0.05) is 5.69 Å². The van der Waals surface area contributed by atoms with Gasteiger partial charge in [0.2, 0.25) is 0 Å². The van der Waals surface area contributed by atoms with Gasteiger partial charge >= 0.3 is 6.09 Å². The Bertz CT molecular complexity index is 420. The Morgan fingerprint density at radius 1 is 1.17 bits per heavy atom. The van der Waals surface area contributed by atoms with Gasteiger partial charge in [0.15, 0.2) is 0 Å². The standard InChI is InChI=1S/C14H19NO3/c1-11(16)10-15(12-8-6-5-7-9-12)13(17)18-14(2,3)4/h5-9H,10H2,1-4H3. The molecule has 1 rings (SSSR count). The Kier molecular flexibility index (Phi) is 4.48. The van der Waals surface area contributed by atoms with Crippen LogP contribution in [0.4, 0.5) is 10.5 Å². The lowest BCUT2D eigenvalue weighted by Crippen LogP contribution is -2.39. The van der Waals surface area contributed by atoms with Crippen LogP contribution in [0.5, 0.6) is 0 Å². The number of hydrogen-bond donors (Lipinski definition) is 0. The molecule has 0 aliphatic carbocycles. The number of para-hydroxylation sites is 1. The molecule has 0 radical (unpaired) electrons. The van der Waals surface area contributed by atoms with Crippen molar-refractivity contribution in [2.75, 3.05) is 11.4 Å². The SMILES string of the molecule is CC(=O)CN(C(=O)OC(C)(C)C)c1ccccc1. The van der Waals surface area contributed by atoms with E-state index < -0.39 is 11.7 Å². The number of Topliss-reactive ketones (excluding diaryl/α,β-unsaturated/α-hetero) is 1. The smallest absolute Gasteiger partial charge is 0.415 e. The first-order valence-corrected chi connectivity index (χ1v) is 5.84. The van der Waals surface area contributed by atoms with Crippen molar-refractivity contribution in [2.45, 2.75) is 33.3 Å². The lowest BCUT2D eigenvalue weighted by atomic mass is 10.2. The molecule has 0 aliphatic rings. The van der Waals surface area contributed by atoms with Gasteiger partial charge < -0.3 is 4.74 Å². The number of rotatable bonds is 3. The first-order valence-electron chi connectivity index (χ1n) is 5.84. The van der Waals surface area contributed by atoms with Crippen LogP contribution in [0.25, 0.3) is 0 Å². The normalized spacial score (nSPS) is 10.9. The van der Waals surface area contributed by atoms with Gasteiger partial charge in [-0.1, -0.05) is 18.2 Å². The molecule has 1 amide bonds. The number of amides is 1. The highest BCUT2D eigenvalue weighted by molar-refractivity contribution is 5.94. The molecule has 0 heterocycles. The van der Waals surface area contributed by atoms with Crippen LogP contribution in [0.2, 0.25) is 0 Å². The van der Waals surface area contributed by atoms with Crippen molar-refractivity contribution in [2.24, 2.45) is 0 Å². The maximum Gasteiger partial charge on any atom is 0.415 e. The highest BCUT2D eigenvalue weighted by Crippen LogP contribution is 2.17. The number of ketones is 1. The van der Waals surface area contributed by atoms with Gasteiger partial charge in [0.05, 0.1) is 6.54 Å². The quantitative estimate of drug-likeness (QED) is 0.827. The molecular weight excluding hydrogens is 230 g/mol. The topological polar surface area (TPSA) is 46.6 Å². The third-order valence-electron chi connectivity index (χ3n) is 2.06. The summed E-state index contributed by atoms with van der Waals surface area (Å²) in [6.45, 7) is 6.84. The van der Waals surface area contributed by atoms with Gasteiger partial charge in [-0.25, -0.2) is 4.79 Å². The van der Waals surface area contributed by atoms with Crippen LogP contribution < -0.4 is 4.90 Å². The summed E-state index contributed by atoms with van der Waals surface area (Å²) in [5.41, 5.74) is 0.0721. The molecule has 98 valence electrons. The van der Waals surface area contributed by atoms with E-state index in [1.807, 2.05) is 18.2 Å². The third kappa shape index (κ3) is 4.57. The summed E-state index contributed by atoms with van der Waals surface area (Å²) in [7, 11) is 0. The summed E-state index contributed by atoms with van der Waals surface area (Å²) in [4.78, 5) is 24.6. The minimum Gasteiger partial charge on any atom is -0.443 e. The maximum atomic E-state index is 12.0. The second kappa shape index (κ2) is 5.67. The monoisotopic (exact) mass is 249 g/mol. The van der Waals surface area contributed by atoms with Crippen molar-refractivity contribution in [3.8, 4) is 0 Å². The second-order valence-electron chi connectivity index (χ2n) is 5.10. The van der Waals surface area contributed by atoms with Gasteiger partial charge in [-0.05, 0) is 39.8 Å². The molecule has 0 saturated heterocycles. The van der Waals surface area contributed by atoms with E-state index in [0.29, 0.717) is 5.69 Å². The summed E-state index contributed by atoms with van der Waals surface area (Å²) in [5, 5.41) is 0. The number of benzene rings is 1. The van der Waals surface area contributed by atoms with E-state index in [9.17, 15) is 9.59 Å². The highest BCUT2D eigenvalue weighted by atomic mass is 16.6. The van der Waals surface area contributed by atoms with E-state index in [0.717, 1.165) is 0 Å². The van der Waals surface area contributed by atoms with Crippen molar-refractivity contribution in [1.29, 1.82) is 0 Å². The third-order valence-corrected chi connectivity index (χ3v) is 2.06. The van der Waals surface area contributed by atoms with Crippen LogP contribution in [0.15, 0.2) is 30.3 Å². The number of ether oxygens (including phenoxy) is 1. The zero-order valence-corrected chi connectivity index (χ0v) is 11.3. The molecule has 4 nitrogen and oxygen atoms in total. The molecule has 4 heteroatoms. The Morgan fingerprint density at radius 3 is 2.17 bits per heavy atom. The molecule has 0 unspecified atom stereocenters. The first-order chi connectivity index (χ1) is 8.29. The summed E-state index contributed by atoms with van der Waals surface area (Å²) in [6.07, 6.45) is -0.510. The lowest BCUT2D eigenvalue weighted by molar-refractivity contribution is -0.115. The molecule has 0 spiro atoms. The Morgan fingerprint density at radius 2 is 1.72 bits per heavy atom. The Labute approximate surface area is 108 Å². The Balaban J connectivity index is 2.92. The first kappa shape index (κ1) is 14.2. The molecule has 0 aromatic heterocycles. The fourth-order valence-corrected chi connectivity index (χ4v) is 1.41. The number of nitrogens with zero attached hydrogens (tertiary/aromatic N) is 1. The molecule has 0 fully saturated rings. The fraction of sp³-hybridized carbons (Fsp3) is 0.429. The molecular formula is C14H19NO3. The average molecular weight is 249 g/mol. The molecule has 0 N–H and O–H groups in total. The average Bonchev–Trinajstić information content (AvgIpc) is 2.24. The molecule has 1 aromatic carbocycles. The number of anilines is 1. The van der Waals surface area contributed by atoms with E-state index in [4.69, 9.17) is 4.74 Å². The van der Waals surface area contributed by atoms with Gasteiger partial charge in [-0.15, -0.1) is 0 Å². The van der Waals surface area contributed by atoms with Crippen molar-refractivity contribution >= 4 is 17.6 Å². The largest absolute Gasteiger partial charge is 0.443 e. The molecule has 1 aromatic rings. The highest BCUT2D eigenvalue weighted by Gasteiger charge is 2.24. The molecule has 0 saturated carbocycles. The minimum atomic E-state index is -0.582. The van der Waals surface area contributed by atoms with Gasteiger partial charge in [0.1, 0.15) is 11.4 Å². The summed E-state index contributed by atoms with van der Waals surface area (Å²) >= 11 is 0. The number of carbonyl (C=O) groups is 2. The zero-order chi connectivity index (χ0) is 13.8. The fourth-order valence-electron chi connectivity index (χ4n) is 1.41. The van der Waals surface area contributed by atoms with Crippen LogP contribution in [0, 0.1) is 0 Å². The van der Waals surface area contributed by atoms with Crippen LogP contribution in [0.3, 0.4) is 0 Å². The predicted octanol–water partition coefficient (Wildman–Crippen LogP) is 3.02.